The SMILES string of the molecule is CCn1cc(C2(N)CCC(C)CC2C)cn1. The van der Waals surface area contributed by atoms with Gasteiger partial charge in [-0.2, -0.15) is 5.10 Å². The van der Waals surface area contributed by atoms with E-state index in [2.05, 4.69) is 32.1 Å². The Morgan fingerprint density at radius 3 is 2.88 bits per heavy atom. The Labute approximate surface area is 98.0 Å². The van der Waals surface area contributed by atoms with Crippen molar-refractivity contribution in [3.05, 3.63) is 18.0 Å². The van der Waals surface area contributed by atoms with E-state index in [0.29, 0.717) is 5.92 Å². The minimum absolute atomic E-state index is 0.153. The molecule has 1 aliphatic carbocycles. The summed E-state index contributed by atoms with van der Waals surface area (Å²) in [6, 6.07) is 0. The number of hydrogen-bond donors (Lipinski definition) is 1. The van der Waals surface area contributed by atoms with Gasteiger partial charge in [0.1, 0.15) is 0 Å². The van der Waals surface area contributed by atoms with Gasteiger partial charge in [0.15, 0.2) is 0 Å². The highest BCUT2D eigenvalue weighted by atomic mass is 15.3. The average Bonchev–Trinajstić information content (AvgIpc) is 2.73. The van der Waals surface area contributed by atoms with Crippen LogP contribution in [0.1, 0.15) is 45.6 Å². The third-order valence-corrected chi connectivity index (χ3v) is 4.18. The third kappa shape index (κ3) is 1.88. The summed E-state index contributed by atoms with van der Waals surface area (Å²) < 4.78 is 1.97. The number of nitrogens with two attached hydrogens (primary N) is 1. The zero-order valence-corrected chi connectivity index (χ0v) is 10.6. The van der Waals surface area contributed by atoms with Gasteiger partial charge in [-0.15, -0.1) is 0 Å². The zero-order chi connectivity index (χ0) is 11.8. The van der Waals surface area contributed by atoms with Gasteiger partial charge in [-0.3, -0.25) is 4.68 Å². The molecule has 1 saturated carbocycles. The van der Waals surface area contributed by atoms with Crippen molar-refractivity contribution in [2.24, 2.45) is 17.6 Å². The molecule has 3 atom stereocenters. The highest BCUT2D eigenvalue weighted by Gasteiger charge is 2.38. The molecule has 1 aromatic rings. The Balaban J connectivity index is 2.23. The minimum Gasteiger partial charge on any atom is -0.321 e. The van der Waals surface area contributed by atoms with Crippen LogP contribution in [0.4, 0.5) is 0 Å². The fourth-order valence-electron chi connectivity index (χ4n) is 2.87. The van der Waals surface area contributed by atoms with E-state index < -0.39 is 0 Å². The van der Waals surface area contributed by atoms with Crippen LogP contribution in [-0.2, 0) is 12.1 Å². The molecule has 90 valence electrons. The maximum absolute atomic E-state index is 6.60. The van der Waals surface area contributed by atoms with E-state index in [1.165, 1.54) is 18.4 Å². The van der Waals surface area contributed by atoms with Crippen LogP contribution in [0.5, 0.6) is 0 Å². The molecule has 0 aliphatic heterocycles. The van der Waals surface area contributed by atoms with Crippen LogP contribution in [0.2, 0.25) is 0 Å². The molecular weight excluding hydrogens is 198 g/mol. The van der Waals surface area contributed by atoms with Gasteiger partial charge in [0, 0.05) is 23.8 Å². The van der Waals surface area contributed by atoms with Gasteiger partial charge in [-0.1, -0.05) is 13.8 Å². The molecule has 0 amide bonds. The van der Waals surface area contributed by atoms with Crippen molar-refractivity contribution in [1.82, 2.24) is 9.78 Å². The number of hydrogen-bond acceptors (Lipinski definition) is 2. The van der Waals surface area contributed by atoms with Gasteiger partial charge in [-0.05, 0) is 38.0 Å². The summed E-state index contributed by atoms with van der Waals surface area (Å²) in [5, 5.41) is 4.35. The normalized spacial score (nSPS) is 35.2. The summed E-state index contributed by atoms with van der Waals surface area (Å²) in [6.45, 7) is 7.62. The highest BCUT2D eigenvalue weighted by molar-refractivity contribution is 5.20. The number of nitrogens with zero attached hydrogens (tertiary/aromatic N) is 2. The van der Waals surface area contributed by atoms with E-state index in [9.17, 15) is 0 Å². The van der Waals surface area contributed by atoms with Crippen molar-refractivity contribution < 1.29 is 0 Å². The van der Waals surface area contributed by atoms with Crippen molar-refractivity contribution in [2.75, 3.05) is 0 Å². The van der Waals surface area contributed by atoms with E-state index in [1.807, 2.05) is 10.9 Å². The number of aromatic nitrogens is 2. The zero-order valence-electron chi connectivity index (χ0n) is 10.6. The second-order valence-corrected chi connectivity index (χ2v) is 5.41. The van der Waals surface area contributed by atoms with Gasteiger partial charge >= 0.3 is 0 Å². The summed E-state index contributed by atoms with van der Waals surface area (Å²) in [5.74, 6) is 1.36. The first-order valence-corrected chi connectivity index (χ1v) is 6.38. The maximum atomic E-state index is 6.60. The maximum Gasteiger partial charge on any atom is 0.0540 e. The van der Waals surface area contributed by atoms with E-state index in [4.69, 9.17) is 5.73 Å². The first kappa shape index (κ1) is 11.6. The molecule has 0 spiro atoms. The van der Waals surface area contributed by atoms with Crippen LogP contribution in [0.3, 0.4) is 0 Å². The van der Waals surface area contributed by atoms with Gasteiger partial charge in [0.05, 0.1) is 6.20 Å². The Kier molecular flexibility index (Phi) is 3.06. The van der Waals surface area contributed by atoms with E-state index in [1.54, 1.807) is 0 Å². The van der Waals surface area contributed by atoms with Crippen molar-refractivity contribution >= 4 is 0 Å². The van der Waals surface area contributed by atoms with Crippen LogP contribution in [0, 0.1) is 11.8 Å². The lowest BCUT2D eigenvalue weighted by Crippen LogP contribution is -2.46. The summed E-state index contributed by atoms with van der Waals surface area (Å²) in [7, 11) is 0. The summed E-state index contributed by atoms with van der Waals surface area (Å²) >= 11 is 0. The predicted octanol–water partition coefficient (Wildman–Crippen LogP) is 2.51. The third-order valence-electron chi connectivity index (χ3n) is 4.18. The first-order valence-electron chi connectivity index (χ1n) is 6.38. The van der Waals surface area contributed by atoms with Crippen LogP contribution < -0.4 is 5.73 Å². The van der Waals surface area contributed by atoms with E-state index >= 15 is 0 Å². The quantitative estimate of drug-likeness (QED) is 0.834. The predicted molar refractivity (Wildman–Crippen MR) is 65.9 cm³/mol. The summed E-state index contributed by atoms with van der Waals surface area (Å²) in [6.07, 6.45) is 7.62. The molecule has 16 heavy (non-hydrogen) atoms. The minimum atomic E-state index is -0.153. The molecule has 3 heteroatoms. The van der Waals surface area contributed by atoms with Crippen molar-refractivity contribution in [3.63, 3.8) is 0 Å². The second kappa shape index (κ2) is 4.21. The molecule has 1 fully saturated rings. The van der Waals surface area contributed by atoms with Gasteiger partial charge in [0.25, 0.3) is 0 Å². The molecule has 0 aromatic carbocycles. The van der Waals surface area contributed by atoms with Crippen molar-refractivity contribution in [1.29, 1.82) is 0 Å². The van der Waals surface area contributed by atoms with Crippen LogP contribution in [-0.4, -0.2) is 9.78 Å². The largest absolute Gasteiger partial charge is 0.321 e. The Bertz CT molecular complexity index is 358. The smallest absolute Gasteiger partial charge is 0.0540 e. The molecule has 3 nitrogen and oxygen atoms in total. The monoisotopic (exact) mass is 221 g/mol. The molecule has 1 aromatic heterocycles. The lowest BCUT2D eigenvalue weighted by molar-refractivity contribution is 0.164. The van der Waals surface area contributed by atoms with Crippen LogP contribution in [0.15, 0.2) is 12.4 Å². The van der Waals surface area contributed by atoms with Crippen LogP contribution in [0.25, 0.3) is 0 Å². The standard InChI is InChI=1S/C13H23N3/c1-4-16-9-12(8-15-16)13(14)6-5-10(2)7-11(13)3/h8-11H,4-7,14H2,1-3H3. The molecule has 0 radical (unpaired) electrons. The van der Waals surface area contributed by atoms with Crippen molar-refractivity contribution in [3.8, 4) is 0 Å². The first-order chi connectivity index (χ1) is 7.56. The molecule has 2 N–H and O–H groups in total. The van der Waals surface area contributed by atoms with Crippen LogP contribution >= 0.6 is 0 Å². The highest BCUT2D eigenvalue weighted by Crippen LogP contribution is 2.41. The Morgan fingerprint density at radius 2 is 2.31 bits per heavy atom. The molecule has 0 saturated heterocycles. The molecular formula is C13H23N3. The Hall–Kier alpha value is -0.830. The summed E-state index contributed by atoms with van der Waals surface area (Å²) in [5.41, 5.74) is 7.66. The Morgan fingerprint density at radius 1 is 1.56 bits per heavy atom. The molecule has 1 heterocycles. The number of rotatable bonds is 2. The second-order valence-electron chi connectivity index (χ2n) is 5.41. The molecule has 3 unspecified atom stereocenters. The topological polar surface area (TPSA) is 43.8 Å². The van der Waals surface area contributed by atoms with Gasteiger partial charge < -0.3 is 5.73 Å². The molecule has 2 rings (SSSR count). The summed E-state index contributed by atoms with van der Waals surface area (Å²) in [4.78, 5) is 0. The van der Waals surface area contributed by atoms with E-state index in [0.717, 1.165) is 18.9 Å². The van der Waals surface area contributed by atoms with Gasteiger partial charge in [0.2, 0.25) is 0 Å². The molecule has 0 bridgehead atoms. The molecule has 1 aliphatic rings. The lowest BCUT2D eigenvalue weighted by atomic mass is 9.68. The van der Waals surface area contributed by atoms with Crippen molar-refractivity contribution in [2.45, 2.75) is 52.1 Å². The average molecular weight is 221 g/mol. The van der Waals surface area contributed by atoms with Gasteiger partial charge in [-0.25, -0.2) is 0 Å². The number of aryl methyl sites for hydroxylation is 1. The van der Waals surface area contributed by atoms with E-state index in [-0.39, 0.29) is 5.54 Å². The fraction of sp³-hybridized carbons (Fsp3) is 0.769. The lowest BCUT2D eigenvalue weighted by Gasteiger charge is -2.41. The fourth-order valence-corrected chi connectivity index (χ4v) is 2.87.